The number of aromatic nitrogens is 1. The lowest BCUT2D eigenvalue weighted by Gasteiger charge is -2.41. The number of pyridine rings is 1. The maximum Gasteiger partial charge on any atom is 0.254 e. The molecule has 0 radical (unpaired) electrons. The molecule has 1 amide bonds. The van der Waals surface area contributed by atoms with E-state index in [0.717, 1.165) is 18.8 Å². The second-order valence-electron chi connectivity index (χ2n) is 6.11. The largest absolute Gasteiger partial charge is 0.386 e. The van der Waals surface area contributed by atoms with Gasteiger partial charge in [-0.25, -0.2) is 4.98 Å². The fourth-order valence-electron chi connectivity index (χ4n) is 3.10. The van der Waals surface area contributed by atoms with Gasteiger partial charge in [-0.1, -0.05) is 6.07 Å². The molecule has 1 aliphatic rings. The molecule has 0 spiro atoms. The van der Waals surface area contributed by atoms with E-state index in [4.69, 9.17) is 0 Å². The van der Waals surface area contributed by atoms with Gasteiger partial charge < -0.3 is 14.9 Å². The highest BCUT2D eigenvalue weighted by Gasteiger charge is 2.36. The summed E-state index contributed by atoms with van der Waals surface area (Å²) in [6.45, 7) is 1.69. The van der Waals surface area contributed by atoms with Gasteiger partial charge in [0.2, 0.25) is 0 Å². The highest BCUT2D eigenvalue weighted by Crippen LogP contribution is 2.26. The molecule has 3 heterocycles. The summed E-state index contributed by atoms with van der Waals surface area (Å²) in [6.07, 6.45) is 3.33. The highest BCUT2D eigenvalue weighted by molar-refractivity contribution is 7.08. The third-order valence-corrected chi connectivity index (χ3v) is 4.86. The Kier molecular flexibility index (Phi) is 4.63. The van der Waals surface area contributed by atoms with Crippen molar-refractivity contribution < 1.29 is 9.90 Å². The molecule has 1 atom stereocenters. The van der Waals surface area contributed by atoms with E-state index >= 15 is 0 Å². The van der Waals surface area contributed by atoms with Crippen LogP contribution in [0.1, 0.15) is 23.2 Å². The standard InChI is InChI=1S/C17H21N3O2S/c1-19(16(21)14-6-10-23-11-14)12-17(22)7-4-9-20(13-17)15-5-2-3-8-18-15/h2-3,5-6,8,10-11,22H,4,7,9,12-13H2,1H3. The van der Waals surface area contributed by atoms with Crippen molar-refractivity contribution >= 4 is 23.1 Å². The molecule has 0 aliphatic carbocycles. The summed E-state index contributed by atoms with van der Waals surface area (Å²) >= 11 is 1.50. The van der Waals surface area contributed by atoms with Crippen LogP contribution >= 0.6 is 11.3 Å². The first-order chi connectivity index (χ1) is 11.1. The number of β-amino-alcohol motifs (C(OH)–C–C–N with tert-alkyl or cyclic N) is 1. The molecule has 122 valence electrons. The predicted octanol–water partition coefficient (Wildman–Crippen LogP) is 2.25. The number of carbonyl (C=O) groups excluding carboxylic acids is 1. The first kappa shape index (κ1) is 16.0. The van der Waals surface area contributed by atoms with Crippen LogP contribution in [0.2, 0.25) is 0 Å². The summed E-state index contributed by atoms with van der Waals surface area (Å²) in [5.74, 6) is 0.826. The van der Waals surface area contributed by atoms with Crippen LogP contribution in [-0.2, 0) is 0 Å². The van der Waals surface area contributed by atoms with Gasteiger partial charge in [0.05, 0.1) is 17.7 Å². The van der Waals surface area contributed by atoms with E-state index in [1.807, 2.05) is 35.0 Å². The first-order valence-corrected chi connectivity index (χ1v) is 8.68. The number of piperidine rings is 1. The summed E-state index contributed by atoms with van der Waals surface area (Å²) < 4.78 is 0. The minimum absolute atomic E-state index is 0.0466. The minimum atomic E-state index is -0.907. The number of hydrogen-bond acceptors (Lipinski definition) is 5. The van der Waals surface area contributed by atoms with Gasteiger partial charge in [0.25, 0.3) is 5.91 Å². The number of hydrogen-bond donors (Lipinski definition) is 1. The zero-order valence-corrected chi connectivity index (χ0v) is 14.0. The Balaban J connectivity index is 1.67. The Morgan fingerprint density at radius 1 is 1.48 bits per heavy atom. The number of amides is 1. The number of thiophene rings is 1. The lowest BCUT2D eigenvalue weighted by atomic mass is 9.92. The van der Waals surface area contributed by atoms with E-state index in [1.54, 1.807) is 18.1 Å². The van der Waals surface area contributed by atoms with E-state index in [1.165, 1.54) is 11.3 Å². The second-order valence-corrected chi connectivity index (χ2v) is 6.89. The van der Waals surface area contributed by atoms with Crippen LogP contribution in [0.15, 0.2) is 41.2 Å². The van der Waals surface area contributed by atoms with Crippen molar-refractivity contribution in [3.05, 3.63) is 46.8 Å². The normalized spacial score (nSPS) is 21.2. The number of nitrogens with zero attached hydrogens (tertiary/aromatic N) is 3. The number of aliphatic hydroxyl groups is 1. The number of rotatable bonds is 4. The van der Waals surface area contributed by atoms with Gasteiger partial charge in [-0.2, -0.15) is 11.3 Å². The van der Waals surface area contributed by atoms with Crippen molar-refractivity contribution in [2.45, 2.75) is 18.4 Å². The van der Waals surface area contributed by atoms with Crippen molar-refractivity contribution in [1.29, 1.82) is 0 Å². The Morgan fingerprint density at radius 2 is 2.35 bits per heavy atom. The van der Waals surface area contributed by atoms with Gasteiger partial charge in [-0.3, -0.25) is 4.79 Å². The topological polar surface area (TPSA) is 56.7 Å². The smallest absolute Gasteiger partial charge is 0.254 e. The zero-order chi connectivity index (χ0) is 16.3. The Hall–Kier alpha value is -1.92. The molecule has 6 heteroatoms. The van der Waals surface area contributed by atoms with Gasteiger partial charge in [0.1, 0.15) is 5.82 Å². The van der Waals surface area contributed by atoms with E-state index in [2.05, 4.69) is 9.88 Å². The zero-order valence-electron chi connectivity index (χ0n) is 13.2. The molecule has 3 rings (SSSR count). The van der Waals surface area contributed by atoms with Gasteiger partial charge in [0, 0.05) is 31.7 Å². The molecule has 1 aliphatic heterocycles. The van der Waals surface area contributed by atoms with Gasteiger partial charge in [-0.05, 0) is 36.4 Å². The quantitative estimate of drug-likeness (QED) is 0.933. The molecular weight excluding hydrogens is 310 g/mol. The highest BCUT2D eigenvalue weighted by atomic mass is 32.1. The summed E-state index contributed by atoms with van der Waals surface area (Å²) in [6, 6.07) is 7.59. The molecule has 1 saturated heterocycles. The van der Waals surface area contributed by atoms with E-state index in [9.17, 15) is 9.90 Å². The van der Waals surface area contributed by atoms with Crippen LogP contribution in [-0.4, -0.2) is 53.2 Å². The molecule has 23 heavy (non-hydrogen) atoms. The van der Waals surface area contributed by atoms with Crippen LogP contribution in [0.5, 0.6) is 0 Å². The molecular formula is C17H21N3O2S. The summed E-state index contributed by atoms with van der Waals surface area (Å²) in [4.78, 5) is 20.4. The van der Waals surface area contributed by atoms with Crippen molar-refractivity contribution in [3.8, 4) is 0 Å². The summed E-state index contributed by atoms with van der Waals surface area (Å²) in [5.41, 5.74) is -0.227. The maximum atomic E-state index is 12.4. The fourth-order valence-corrected chi connectivity index (χ4v) is 3.73. The molecule has 0 aromatic carbocycles. The molecule has 2 aromatic rings. The number of likely N-dealkylation sites (N-methyl/N-ethyl adjacent to an activating group) is 1. The average Bonchev–Trinajstić information content (AvgIpc) is 3.09. The van der Waals surface area contributed by atoms with Gasteiger partial charge in [-0.15, -0.1) is 0 Å². The van der Waals surface area contributed by atoms with E-state index in [0.29, 0.717) is 25.1 Å². The lowest BCUT2D eigenvalue weighted by molar-refractivity contribution is -0.000117. The molecule has 1 unspecified atom stereocenters. The van der Waals surface area contributed by atoms with Crippen LogP contribution in [0.3, 0.4) is 0 Å². The van der Waals surface area contributed by atoms with Gasteiger partial charge in [0.15, 0.2) is 0 Å². The SMILES string of the molecule is CN(CC1(O)CCCN(c2ccccn2)C1)C(=O)c1ccsc1. The molecule has 1 N–H and O–H groups in total. The van der Waals surface area contributed by atoms with Gasteiger partial charge >= 0.3 is 0 Å². The maximum absolute atomic E-state index is 12.4. The third-order valence-electron chi connectivity index (χ3n) is 4.17. The minimum Gasteiger partial charge on any atom is -0.386 e. The molecule has 1 fully saturated rings. The fraction of sp³-hybridized carbons (Fsp3) is 0.412. The van der Waals surface area contributed by atoms with Crippen LogP contribution < -0.4 is 4.90 Å². The predicted molar refractivity (Wildman–Crippen MR) is 91.9 cm³/mol. The summed E-state index contributed by atoms with van der Waals surface area (Å²) in [5, 5.41) is 14.7. The van der Waals surface area contributed by atoms with E-state index in [-0.39, 0.29) is 5.91 Å². The average molecular weight is 331 g/mol. The van der Waals surface area contributed by atoms with Crippen LogP contribution in [0.4, 0.5) is 5.82 Å². The number of anilines is 1. The Morgan fingerprint density at radius 3 is 3.04 bits per heavy atom. The molecule has 0 bridgehead atoms. The van der Waals surface area contributed by atoms with Crippen molar-refractivity contribution in [3.63, 3.8) is 0 Å². The first-order valence-electron chi connectivity index (χ1n) is 7.73. The summed E-state index contributed by atoms with van der Waals surface area (Å²) in [7, 11) is 1.75. The Labute approximate surface area is 140 Å². The monoisotopic (exact) mass is 331 g/mol. The van der Waals surface area contributed by atoms with Crippen LogP contribution in [0, 0.1) is 0 Å². The van der Waals surface area contributed by atoms with Crippen molar-refractivity contribution in [2.75, 3.05) is 31.6 Å². The third kappa shape index (κ3) is 3.71. The van der Waals surface area contributed by atoms with Crippen molar-refractivity contribution in [2.24, 2.45) is 0 Å². The lowest BCUT2D eigenvalue weighted by Crippen LogP contribution is -2.54. The second kappa shape index (κ2) is 6.68. The molecule has 2 aromatic heterocycles. The van der Waals surface area contributed by atoms with Crippen molar-refractivity contribution in [1.82, 2.24) is 9.88 Å². The molecule has 0 saturated carbocycles. The number of carbonyl (C=O) groups is 1. The van der Waals surface area contributed by atoms with E-state index < -0.39 is 5.60 Å². The Bertz CT molecular complexity index is 647. The van der Waals surface area contributed by atoms with Crippen LogP contribution in [0.25, 0.3) is 0 Å². The molecule has 5 nitrogen and oxygen atoms in total.